The molecule has 4 nitrogen and oxygen atoms in total. The maximum absolute atomic E-state index is 4.40. The number of hydrogen-bond donors (Lipinski definition) is 2. The molecule has 2 aromatic rings. The molecule has 0 spiro atoms. The molecule has 0 atom stereocenters. The van der Waals surface area contributed by atoms with Crippen molar-refractivity contribution in [2.24, 2.45) is 0 Å². The molecule has 0 aliphatic carbocycles. The van der Waals surface area contributed by atoms with E-state index in [0.717, 1.165) is 18.8 Å². The van der Waals surface area contributed by atoms with Gasteiger partial charge in [-0.05, 0) is 7.05 Å². The standard InChI is InChI=1S/C12H14N4/c1-13-16-7-10-11(8-16)14-15-12(10)9-5-3-2-4-6-9/h2-6,13H,7-8H2,1H3,(H,14,15). The molecule has 1 aliphatic rings. The lowest BCUT2D eigenvalue weighted by atomic mass is 10.1. The van der Waals surface area contributed by atoms with Crippen LogP contribution in [0.4, 0.5) is 0 Å². The van der Waals surface area contributed by atoms with Crippen molar-refractivity contribution in [2.75, 3.05) is 7.05 Å². The van der Waals surface area contributed by atoms with Gasteiger partial charge in [0.2, 0.25) is 0 Å². The summed E-state index contributed by atoms with van der Waals surface area (Å²) in [4.78, 5) is 0. The van der Waals surface area contributed by atoms with E-state index in [0.29, 0.717) is 0 Å². The van der Waals surface area contributed by atoms with E-state index in [-0.39, 0.29) is 0 Å². The first-order valence-corrected chi connectivity index (χ1v) is 5.42. The summed E-state index contributed by atoms with van der Waals surface area (Å²) < 4.78 is 0. The monoisotopic (exact) mass is 214 g/mol. The fourth-order valence-corrected chi connectivity index (χ4v) is 2.13. The summed E-state index contributed by atoms with van der Waals surface area (Å²) in [5.74, 6) is 0. The van der Waals surface area contributed by atoms with Crippen LogP contribution in [0, 0.1) is 0 Å². The molecule has 2 heterocycles. The van der Waals surface area contributed by atoms with Gasteiger partial charge in [0.25, 0.3) is 0 Å². The number of fused-ring (bicyclic) bond motifs is 1. The highest BCUT2D eigenvalue weighted by atomic mass is 15.5. The van der Waals surface area contributed by atoms with E-state index in [1.807, 2.05) is 25.2 Å². The summed E-state index contributed by atoms with van der Waals surface area (Å²) in [5.41, 5.74) is 7.94. The SMILES string of the molecule is CNN1Cc2[nH]nc(-c3ccccc3)c2C1. The fraction of sp³-hybridized carbons (Fsp3) is 0.250. The molecule has 0 fully saturated rings. The predicted octanol–water partition coefficient (Wildman–Crippen LogP) is 1.53. The number of H-pyrrole nitrogens is 1. The maximum atomic E-state index is 4.40. The van der Waals surface area contributed by atoms with Crippen LogP contribution in [0.5, 0.6) is 0 Å². The number of benzene rings is 1. The molecule has 1 aromatic carbocycles. The average molecular weight is 214 g/mol. The Morgan fingerprint density at radius 1 is 1.25 bits per heavy atom. The third kappa shape index (κ3) is 1.43. The molecule has 0 saturated carbocycles. The molecule has 4 heteroatoms. The van der Waals surface area contributed by atoms with E-state index < -0.39 is 0 Å². The topological polar surface area (TPSA) is 44.0 Å². The number of hydrogen-bond acceptors (Lipinski definition) is 3. The first-order valence-electron chi connectivity index (χ1n) is 5.42. The first kappa shape index (κ1) is 9.57. The van der Waals surface area contributed by atoms with E-state index in [9.17, 15) is 0 Å². The van der Waals surface area contributed by atoms with E-state index in [1.165, 1.54) is 16.8 Å². The Morgan fingerprint density at radius 2 is 2.06 bits per heavy atom. The van der Waals surface area contributed by atoms with Gasteiger partial charge in [-0.25, -0.2) is 5.01 Å². The van der Waals surface area contributed by atoms with Gasteiger partial charge in [0, 0.05) is 17.7 Å². The third-order valence-electron chi connectivity index (χ3n) is 3.01. The summed E-state index contributed by atoms with van der Waals surface area (Å²) in [6.07, 6.45) is 0. The molecular weight excluding hydrogens is 200 g/mol. The number of nitrogens with zero attached hydrogens (tertiary/aromatic N) is 2. The van der Waals surface area contributed by atoms with E-state index in [2.05, 4.69) is 32.8 Å². The van der Waals surface area contributed by atoms with Crippen LogP contribution >= 0.6 is 0 Å². The Bertz CT molecular complexity index is 489. The van der Waals surface area contributed by atoms with Gasteiger partial charge in [0.05, 0.1) is 17.9 Å². The highest BCUT2D eigenvalue weighted by Crippen LogP contribution is 2.29. The van der Waals surface area contributed by atoms with Crippen LogP contribution in [0.1, 0.15) is 11.3 Å². The van der Waals surface area contributed by atoms with Gasteiger partial charge in [-0.1, -0.05) is 30.3 Å². The lowest BCUT2D eigenvalue weighted by Crippen LogP contribution is -2.29. The van der Waals surface area contributed by atoms with Crippen molar-refractivity contribution in [3.8, 4) is 11.3 Å². The van der Waals surface area contributed by atoms with Crippen LogP contribution in [0.25, 0.3) is 11.3 Å². The molecule has 2 N–H and O–H groups in total. The second kappa shape index (κ2) is 3.73. The summed E-state index contributed by atoms with van der Waals surface area (Å²) in [6.45, 7) is 1.80. The number of rotatable bonds is 2. The van der Waals surface area contributed by atoms with Gasteiger partial charge < -0.3 is 0 Å². The van der Waals surface area contributed by atoms with Crippen LogP contribution in [0.2, 0.25) is 0 Å². The molecule has 0 unspecified atom stereocenters. The summed E-state index contributed by atoms with van der Waals surface area (Å²) in [7, 11) is 1.95. The van der Waals surface area contributed by atoms with Crippen LogP contribution in [-0.4, -0.2) is 22.3 Å². The smallest absolute Gasteiger partial charge is 0.0969 e. The third-order valence-corrected chi connectivity index (χ3v) is 3.01. The molecule has 0 amide bonds. The van der Waals surface area contributed by atoms with Crippen LogP contribution in [-0.2, 0) is 13.1 Å². The van der Waals surface area contributed by atoms with E-state index in [4.69, 9.17) is 0 Å². The second-order valence-corrected chi connectivity index (χ2v) is 3.98. The normalized spacial score (nSPS) is 15.3. The molecule has 1 aromatic heterocycles. The number of hydrazine groups is 1. The summed E-state index contributed by atoms with van der Waals surface area (Å²) in [5, 5.41) is 9.68. The van der Waals surface area contributed by atoms with Crippen LogP contribution in [0.15, 0.2) is 30.3 Å². The molecule has 0 radical (unpaired) electrons. The zero-order chi connectivity index (χ0) is 11.0. The van der Waals surface area contributed by atoms with Crippen molar-refractivity contribution < 1.29 is 0 Å². The largest absolute Gasteiger partial charge is 0.280 e. The molecule has 1 aliphatic heterocycles. The van der Waals surface area contributed by atoms with Crippen molar-refractivity contribution in [1.82, 2.24) is 20.6 Å². The highest BCUT2D eigenvalue weighted by molar-refractivity contribution is 5.64. The highest BCUT2D eigenvalue weighted by Gasteiger charge is 2.24. The molecule has 82 valence electrons. The number of nitrogens with one attached hydrogen (secondary N) is 2. The number of aromatic amines is 1. The lowest BCUT2D eigenvalue weighted by Gasteiger charge is -2.12. The van der Waals surface area contributed by atoms with Gasteiger partial charge in [-0.3, -0.25) is 10.5 Å². The zero-order valence-corrected chi connectivity index (χ0v) is 9.20. The molecule has 0 saturated heterocycles. The quantitative estimate of drug-likeness (QED) is 0.796. The minimum absolute atomic E-state index is 0.895. The lowest BCUT2D eigenvalue weighted by molar-refractivity contribution is 0.210. The Morgan fingerprint density at radius 3 is 2.81 bits per heavy atom. The molecule has 0 bridgehead atoms. The minimum Gasteiger partial charge on any atom is -0.280 e. The Labute approximate surface area is 94.3 Å². The summed E-state index contributed by atoms with van der Waals surface area (Å²) in [6, 6.07) is 10.3. The van der Waals surface area contributed by atoms with Crippen molar-refractivity contribution in [3.63, 3.8) is 0 Å². The maximum Gasteiger partial charge on any atom is 0.0969 e. The van der Waals surface area contributed by atoms with Crippen LogP contribution < -0.4 is 5.43 Å². The van der Waals surface area contributed by atoms with E-state index >= 15 is 0 Å². The van der Waals surface area contributed by atoms with Crippen molar-refractivity contribution in [2.45, 2.75) is 13.1 Å². The van der Waals surface area contributed by atoms with Gasteiger partial charge >= 0.3 is 0 Å². The Balaban J connectivity index is 2.00. The fourth-order valence-electron chi connectivity index (χ4n) is 2.13. The Hall–Kier alpha value is -1.65. The van der Waals surface area contributed by atoms with Crippen molar-refractivity contribution in [3.05, 3.63) is 41.6 Å². The van der Waals surface area contributed by atoms with Gasteiger partial charge in [-0.15, -0.1) is 0 Å². The predicted molar refractivity (Wildman–Crippen MR) is 62.3 cm³/mol. The zero-order valence-electron chi connectivity index (χ0n) is 9.20. The average Bonchev–Trinajstić information content (AvgIpc) is 2.88. The second-order valence-electron chi connectivity index (χ2n) is 3.98. The van der Waals surface area contributed by atoms with Crippen molar-refractivity contribution in [1.29, 1.82) is 0 Å². The van der Waals surface area contributed by atoms with Gasteiger partial charge in [-0.2, -0.15) is 5.10 Å². The Kier molecular flexibility index (Phi) is 2.23. The van der Waals surface area contributed by atoms with Gasteiger partial charge in [0.15, 0.2) is 0 Å². The van der Waals surface area contributed by atoms with Crippen molar-refractivity contribution >= 4 is 0 Å². The van der Waals surface area contributed by atoms with Crippen LogP contribution in [0.3, 0.4) is 0 Å². The minimum atomic E-state index is 0.895. The molecular formula is C12H14N4. The first-order chi connectivity index (χ1) is 7.88. The van der Waals surface area contributed by atoms with Gasteiger partial charge in [0.1, 0.15) is 0 Å². The number of aromatic nitrogens is 2. The summed E-state index contributed by atoms with van der Waals surface area (Å²) >= 11 is 0. The molecule has 3 rings (SSSR count). The molecule has 16 heavy (non-hydrogen) atoms. The van der Waals surface area contributed by atoms with E-state index in [1.54, 1.807) is 0 Å².